The van der Waals surface area contributed by atoms with Crippen LogP contribution in [-0.2, 0) is 0 Å². The number of hydrogen-bond donors (Lipinski definition) is 1. The second-order valence-electron chi connectivity index (χ2n) is 5.93. The van der Waals surface area contributed by atoms with Gasteiger partial charge in [-0.05, 0) is 54.2 Å². The van der Waals surface area contributed by atoms with Crippen molar-refractivity contribution in [3.05, 3.63) is 28.8 Å². The molecule has 0 saturated heterocycles. The first kappa shape index (κ1) is 16.1. The van der Waals surface area contributed by atoms with Crippen LogP contribution in [0.3, 0.4) is 0 Å². The Morgan fingerprint density at radius 1 is 0.789 bits per heavy atom. The van der Waals surface area contributed by atoms with Gasteiger partial charge in [0.25, 0.3) is 0 Å². The van der Waals surface area contributed by atoms with Crippen molar-refractivity contribution in [2.75, 3.05) is 0 Å². The van der Waals surface area contributed by atoms with Crippen LogP contribution in [0, 0.1) is 0 Å². The average molecular weight is 262 g/mol. The summed E-state index contributed by atoms with van der Waals surface area (Å²) in [5.74, 6) is 1.98. The second kappa shape index (κ2) is 6.98. The summed E-state index contributed by atoms with van der Waals surface area (Å²) in [6.07, 6.45) is 3.34. The topological polar surface area (TPSA) is 20.2 Å². The van der Waals surface area contributed by atoms with Crippen LogP contribution >= 0.6 is 0 Å². The fourth-order valence-electron chi connectivity index (χ4n) is 2.77. The van der Waals surface area contributed by atoms with Gasteiger partial charge in [0, 0.05) is 5.56 Å². The van der Waals surface area contributed by atoms with Crippen molar-refractivity contribution in [1.29, 1.82) is 0 Å². The van der Waals surface area contributed by atoms with Gasteiger partial charge in [0.2, 0.25) is 0 Å². The molecule has 0 spiro atoms. The van der Waals surface area contributed by atoms with E-state index < -0.39 is 0 Å². The highest BCUT2D eigenvalue weighted by atomic mass is 16.3. The summed E-state index contributed by atoms with van der Waals surface area (Å²) in [5, 5.41) is 10.3. The van der Waals surface area contributed by atoms with E-state index in [1.165, 1.54) is 16.7 Å². The summed E-state index contributed by atoms with van der Waals surface area (Å²) in [6, 6.07) is 4.03. The molecule has 1 aromatic rings. The van der Waals surface area contributed by atoms with Crippen molar-refractivity contribution in [3.63, 3.8) is 0 Å². The van der Waals surface area contributed by atoms with Crippen molar-refractivity contribution in [2.24, 2.45) is 0 Å². The van der Waals surface area contributed by atoms with Gasteiger partial charge >= 0.3 is 0 Å². The van der Waals surface area contributed by atoms with Crippen LogP contribution in [-0.4, -0.2) is 5.11 Å². The molecule has 3 atom stereocenters. The molecular weight excluding hydrogens is 232 g/mol. The summed E-state index contributed by atoms with van der Waals surface area (Å²) in [4.78, 5) is 0. The van der Waals surface area contributed by atoms with Crippen LogP contribution in [0.5, 0.6) is 5.75 Å². The molecule has 0 fully saturated rings. The van der Waals surface area contributed by atoms with Crippen molar-refractivity contribution in [1.82, 2.24) is 0 Å². The van der Waals surface area contributed by atoms with Crippen LogP contribution in [0.25, 0.3) is 0 Å². The molecule has 0 bridgehead atoms. The number of benzene rings is 1. The monoisotopic (exact) mass is 262 g/mol. The third-order valence-corrected chi connectivity index (χ3v) is 4.65. The minimum Gasteiger partial charge on any atom is -0.508 e. The lowest BCUT2D eigenvalue weighted by atomic mass is 9.79. The Kier molecular flexibility index (Phi) is 5.90. The Morgan fingerprint density at radius 3 is 1.74 bits per heavy atom. The molecule has 0 saturated carbocycles. The van der Waals surface area contributed by atoms with Crippen LogP contribution in [0.4, 0.5) is 0 Å². The third-order valence-electron chi connectivity index (χ3n) is 4.65. The maximum atomic E-state index is 10.3. The van der Waals surface area contributed by atoms with Crippen LogP contribution in [0.15, 0.2) is 12.1 Å². The molecule has 1 N–H and O–H groups in total. The van der Waals surface area contributed by atoms with Crippen molar-refractivity contribution >= 4 is 0 Å². The molecular formula is C18H30O. The van der Waals surface area contributed by atoms with Gasteiger partial charge in [0.05, 0.1) is 0 Å². The first-order valence-electron chi connectivity index (χ1n) is 7.83. The molecule has 0 aromatic heterocycles. The summed E-state index contributed by atoms with van der Waals surface area (Å²) in [7, 11) is 0. The Morgan fingerprint density at radius 2 is 1.26 bits per heavy atom. The highest BCUT2D eigenvalue weighted by molar-refractivity contribution is 5.49. The first-order chi connectivity index (χ1) is 8.97. The summed E-state index contributed by atoms with van der Waals surface area (Å²) in [5.41, 5.74) is 4.03. The van der Waals surface area contributed by atoms with Gasteiger partial charge in [0.15, 0.2) is 0 Å². The van der Waals surface area contributed by atoms with Gasteiger partial charge in [0.1, 0.15) is 5.75 Å². The lowest BCUT2D eigenvalue weighted by molar-refractivity contribution is 0.457. The third kappa shape index (κ3) is 3.32. The van der Waals surface area contributed by atoms with E-state index in [0.29, 0.717) is 23.5 Å². The zero-order valence-electron chi connectivity index (χ0n) is 13.5. The van der Waals surface area contributed by atoms with Gasteiger partial charge in [-0.15, -0.1) is 0 Å². The Balaban J connectivity index is 3.49. The molecule has 1 aromatic carbocycles. The average Bonchev–Trinajstić information content (AvgIpc) is 2.44. The maximum absolute atomic E-state index is 10.3. The van der Waals surface area contributed by atoms with E-state index in [1.807, 2.05) is 6.07 Å². The number of phenols is 1. The van der Waals surface area contributed by atoms with E-state index in [-0.39, 0.29) is 0 Å². The fraction of sp³-hybridized carbons (Fsp3) is 0.667. The predicted octanol–water partition coefficient (Wildman–Crippen LogP) is 5.93. The molecule has 19 heavy (non-hydrogen) atoms. The van der Waals surface area contributed by atoms with Crippen LogP contribution in [0.2, 0.25) is 0 Å². The normalized spacial score (nSPS) is 16.1. The summed E-state index contributed by atoms with van der Waals surface area (Å²) >= 11 is 0. The molecule has 0 aliphatic carbocycles. The van der Waals surface area contributed by atoms with Gasteiger partial charge in [-0.25, -0.2) is 0 Å². The minimum atomic E-state index is 0.424. The summed E-state index contributed by atoms with van der Waals surface area (Å²) < 4.78 is 0. The van der Waals surface area contributed by atoms with Crippen LogP contribution in [0.1, 0.15) is 95.2 Å². The van der Waals surface area contributed by atoms with E-state index in [9.17, 15) is 5.11 Å². The number of hydrogen-bond acceptors (Lipinski definition) is 1. The maximum Gasteiger partial charge on any atom is 0.119 e. The highest BCUT2D eigenvalue weighted by Gasteiger charge is 2.22. The SMILES string of the molecule is CC[C@@H](C)c1c([C@@H](C)CC)ccc(O)c1[C@@H](C)CC. The molecule has 0 radical (unpaired) electrons. The van der Waals surface area contributed by atoms with Gasteiger partial charge in [-0.1, -0.05) is 47.6 Å². The lowest BCUT2D eigenvalue weighted by Gasteiger charge is -2.26. The fourth-order valence-corrected chi connectivity index (χ4v) is 2.77. The molecule has 0 unspecified atom stereocenters. The molecule has 108 valence electrons. The van der Waals surface area contributed by atoms with Crippen molar-refractivity contribution in [2.45, 2.75) is 78.6 Å². The zero-order valence-corrected chi connectivity index (χ0v) is 13.5. The van der Waals surface area contributed by atoms with Gasteiger partial charge < -0.3 is 5.11 Å². The van der Waals surface area contributed by atoms with Crippen LogP contribution < -0.4 is 0 Å². The molecule has 1 nitrogen and oxygen atoms in total. The van der Waals surface area contributed by atoms with Gasteiger partial charge in [-0.3, -0.25) is 0 Å². The quantitative estimate of drug-likeness (QED) is 0.673. The minimum absolute atomic E-state index is 0.424. The molecule has 0 amide bonds. The smallest absolute Gasteiger partial charge is 0.119 e. The standard InChI is InChI=1S/C18H30O/c1-7-12(4)15-10-11-16(19)18(14(6)9-3)17(15)13(5)8-2/h10-14,19H,7-9H2,1-6H3/t12-,13+,14-/m0/s1. The van der Waals surface area contributed by atoms with E-state index in [0.717, 1.165) is 19.3 Å². The molecule has 0 aliphatic heterocycles. The second-order valence-corrected chi connectivity index (χ2v) is 5.93. The van der Waals surface area contributed by atoms with E-state index in [4.69, 9.17) is 0 Å². The van der Waals surface area contributed by atoms with E-state index in [1.54, 1.807) is 0 Å². The molecule has 1 heteroatoms. The Hall–Kier alpha value is -0.980. The van der Waals surface area contributed by atoms with Crippen molar-refractivity contribution < 1.29 is 5.11 Å². The number of aromatic hydroxyl groups is 1. The molecule has 0 aliphatic rings. The summed E-state index contributed by atoms with van der Waals surface area (Å²) in [6.45, 7) is 13.5. The van der Waals surface area contributed by atoms with Gasteiger partial charge in [-0.2, -0.15) is 0 Å². The van der Waals surface area contributed by atoms with Crippen molar-refractivity contribution in [3.8, 4) is 5.75 Å². The van der Waals surface area contributed by atoms with E-state index in [2.05, 4.69) is 47.6 Å². The zero-order chi connectivity index (χ0) is 14.6. The molecule has 1 rings (SSSR count). The lowest BCUT2D eigenvalue weighted by Crippen LogP contribution is -2.09. The number of phenolic OH excluding ortho intramolecular Hbond substituents is 1. The largest absolute Gasteiger partial charge is 0.508 e. The number of rotatable bonds is 6. The predicted molar refractivity (Wildman–Crippen MR) is 84.2 cm³/mol. The van der Waals surface area contributed by atoms with E-state index >= 15 is 0 Å². The molecule has 0 heterocycles. The Bertz CT molecular complexity index is 408. The first-order valence-corrected chi connectivity index (χ1v) is 7.83. The highest BCUT2D eigenvalue weighted by Crippen LogP contribution is 2.41. The Labute approximate surface area is 119 Å².